The quantitative estimate of drug-likeness (QED) is 0.301. The van der Waals surface area contributed by atoms with Crippen LogP contribution >= 0.6 is 23.2 Å². The van der Waals surface area contributed by atoms with Crippen LogP contribution < -0.4 is 14.4 Å². The summed E-state index contributed by atoms with van der Waals surface area (Å²) in [7, 11) is -2.86. The van der Waals surface area contributed by atoms with Crippen LogP contribution in [0.1, 0.15) is 25.8 Å². The number of likely N-dealkylation sites (N-methyl/N-ethyl adjacent to an activating group) is 1. The Balaban J connectivity index is 2.57. The third-order valence-electron chi connectivity index (χ3n) is 5.39. The molecule has 2 rings (SSSR count). The van der Waals surface area contributed by atoms with Gasteiger partial charge in [-0.3, -0.25) is 24.0 Å². The second-order valence-electron chi connectivity index (χ2n) is 7.97. The van der Waals surface area contributed by atoms with Gasteiger partial charge in [0.15, 0.2) is 0 Å². The van der Waals surface area contributed by atoms with Gasteiger partial charge in [-0.2, -0.15) is 0 Å². The Labute approximate surface area is 225 Å². The molecule has 1 atom stereocenters. The Bertz CT molecular complexity index is 1270. The average molecular weight is 575 g/mol. The molecule has 0 aliphatic carbocycles. The molecular formula is C23H28Cl2N4O7S. The SMILES string of the molecule is CCNC(=O)[C@H](CC)N(Cc1ccc(Cl)c(Cl)c1)C(=O)CN(c1cc([N+](=O)[O-])ccc1OC)S(C)(=O)=O. The van der Waals surface area contributed by atoms with E-state index in [0.717, 1.165) is 18.4 Å². The molecule has 0 saturated heterocycles. The highest BCUT2D eigenvalue weighted by Crippen LogP contribution is 2.34. The van der Waals surface area contributed by atoms with Crippen LogP contribution in [0.2, 0.25) is 10.0 Å². The normalized spacial score (nSPS) is 11.9. The van der Waals surface area contributed by atoms with Gasteiger partial charge in [0.25, 0.3) is 5.69 Å². The summed E-state index contributed by atoms with van der Waals surface area (Å²) in [5, 5.41) is 14.6. The average Bonchev–Trinajstić information content (AvgIpc) is 2.83. The number of nitro benzene ring substituents is 1. The van der Waals surface area contributed by atoms with Crippen LogP contribution in [-0.4, -0.2) is 62.6 Å². The zero-order chi connectivity index (χ0) is 27.9. The van der Waals surface area contributed by atoms with E-state index < -0.39 is 45.0 Å². The van der Waals surface area contributed by atoms with E-state index >= 15 is 0 Å². The van der Waals surface area contributed by atoms with E-state index in [9.17, 15) is 28.1 Å². The lowest BCUT2D eigenvalue weighted by Crippen LogP contribution is -2.52. The van der Waals surface area contributed by atoms with Crippen molar-refractivity contribution in [2.75, 3.05) is 30.8 Å². The third-order valence-corrected chi connectivity index (χ3v) is 7.26. The van der Waals surface area contributed by atoms with E-state index in [1.165, 1.54) is 18.1 Å². The van der Waals surface area contributed by atoms with Crippen molar-refractivity contribution in [3.8, 4) is 5.75 Å². The number of ether oxygens (including phenoxy) is 1. The monoisotopic (exact) mass is 574 g/mol. The molecule has 11 nitrogen and oxygen atoms in total. The number of halogens is 2. The number of nitrogens with one attached hydrogen (secondary N) is 1. The summed E-state index contributed by atoms with van der Waals surface area (Å²) in [6.07, 6.45) is 1.10. The number of carbonyl (C=O) groups excluding carboxylic acids is 2. The van der Waals surface area contributed by atoms with Crippen LogP contribution in [0.3, 0.4) is 0 Å². The van der Waals surface area contributed by atoms with Gasteiger partial charge in [-0.15, -0.1) is 0 Å². The van der Waals surface area contributed by atoms with E-state index in [-0.39, 0.29) is 29.4 Å². The first-order valence-electron chi connectivity index (χ1n) is 11.1. The van der Waals surface area contributed by atoms with Crippen LogP contribution in [0.15, 0.2) is 36.4 Å². The van der Waals surface area contributed by atoms with Gasteiger partial charge in [-0.1, -0.05) is 36.2 Å². The molecule has 2 amide bonds. The molecule has 14 heteroatoms. The van der Waals surface area contributed by atoms with Crippen molar-refractivity contribution in [1.82, 2.24) is 10.2 Å². The third kappa shape index (κ3) is 7.70. The molecule has 0 radical (unpaired) electrons. The van der Waals surface area contributed by atoms with Crippen LogP contribution in [0.4, 0.5) is 11.4 Å². The first-order valence-corrected chi connectivity index (χ1v) is 13.8. The van der Waals surface area contributed by atoms with Gasteiger partial charge in [-0.05, 0) is 37.1 Å². The van der Waals surface area contributed by atoms with E-state index in [1.54, 1.807) is 32.0 Å². The van der Waals surface area contributed by atoms with Gasteiger partial charge in [0.2, 0.25) is 21.8 Å². The summed E-state index contributed by atoms with van der Waals surface area (Å²) in [6.45, 7) is 2.95. The summed E-state index contributed by atoms with van der Waals surface area (Å²) in [5.74, 6) is -1.13. The molecule has 0 spiro atoms. The number of hydrogen-bond acceptors (Lipinski definition) is 7. The number of carbonyl (C=O) groups is 2. The number of benzene rings is 2. The number of nitrogens with zero attached hydrogens (tertiary/aromatic N) is 3. The molecule has 1 N–H and O–H groups in total. The minimum atomic E-state index is -4.13. The molecule has 0 fully saturated rings. The summed E-state index contributed by atoms with van der Waals surface area (Å²) >= 11 is 12.1. The first-order chi connectivity index (χ1) is 17.3. The van der Waals surface area contributed by atoms with Crippen molar-refractivity contribution in [1.29, 1.82) is 0 Å². The fourth-order valence-electron chi connectivity index (χ4n) is 3.63. The van der Waals surface area contributed by atoms with Crippen molar-refractivity contribution in [3.63, 3.8) is 0 Å². The van der Waals surface area contributed by atoms with Gasteiger partial charge in [-0.25, -0.2) is 8.42 Å². The Kier molecular flexibility index (Phi) is 10.5. The predicted octanol–water partition coefficient (Wildman–Crippen LogP) is 3.62. The Morgan fingerprint density at radius 2 is 1.81 bits per heavy atom. The zero-order valence-corrected chi connectivity index (χ0v) is 23.1. The fourth-order valence-corrected chi connectivity index (χ4v) is 4.79. The number of sulfonamides is 1. The van der Waals surface area contributed by atoms with Gasteiger partial charge >= 0.3 is 0 Å². The van der Waals surface area contributed by atoms with Gasteiger partial charge in [0.1, 0.15) is 24.0 Å². The second kappa shape index (κ2) is 12.9. The van der Waals surface area contributed by atoms with Crippen LogP contribution in [0, 0.1) is 10.1 Å². The molecule has 0 heterocycles. The number of nitro groups is 1. The van der Waals surface area contributed by atoms with Crippen molar-refractivity contribution in [2.45, 2.75) is 32.9 Å². The predicted molar refractivity (Wildman–Crippen MR) is 142 cm³/mol. The van der Waals surface area contributed by atoms with Crippen molar-refractivity contribution in [2.24, 2.45) is 0 Å². The molecular weight excluding hydrogens is 547 g/mol. The Morgan fingerprint density at radius 1 is 1.14 bits per heavy atom. The Hall–Kier alpha value is -3.09. The second-order valence-corrected chi connectivity index (χ2v) is 10.7. The minimum Gasteiger partial charge on any atom is -0.495 e. The van der Waals surface area contributed by atoms with Crippen LogP contribution in [-0.2, 0) is 26.2 Å². The van der Waals surface area contributed by atoms with Gasteiger partial charge < -0.3 is 15.0 Å². The standard InChI is InChI=1S/C23H28Cl2N4O7S/c1-5-19(23(31)26-6-2)27(13-15-7-9-17(24)18(25)11-15)22(30)14-28(37(4,34)35)20-12-16(29(32)33)8-10-21(20)36-3/h7-12,19H,5-6,13-14H2,1-4H3,(H,26,31)/t19-/m0/s1. The summed E-state index contributed by atoms with van der Waals surface area (Å²) < 4.78 is 31.5. The maximum absolute atomic E-state index is 13.7. The largest absolute Gasteiger partial charge is 0.495 e. The number of non-ortho nitro benzene ring substituents is 1. The van der Waals surface area contributed by atoms with E-state index in [1.807, 2.05) is 0 Å². The minimum absolute atomic E-state index is 0.00984. The van der Waals surface area contributed by atoms with E-state index in [0.29, 0.717) is 21.4 Å². The molecule has 0 unspecified atom stereocenters. The highest BCUT2D eigenvalue weighted by molar-refractivity contribution is 7.92. The molecule has 0 aliphatic heterocycles. The van der Waals surface area contributed by atoms with Gasteiger partial charge in [0, 0.05) is 25.2 Å². The molecule has 37 heavy (non-hydrogen) atoms. The number of methoxy groups -OCH3 is 1. The number of hydrogen-bond donors (Lipinski definition) is 1. The zero-order valence-electron chi connectivity index (χ0n) is 20.7. The number of rotatable bonds is 12. The molecule has 0 aliphatic rings. The molecule has 202 valence electrons. The maximum atomic E-state index is 13.7. The smallest absolute Gasteiger partial charge is 0.271 e. The lowest BCUT2D eigenvalue weighted by atomic mass is 10.1. The summed E-state index contributed by atoms with van der Waals surface area (Å²) in [5.41, 5.74) is -0.0178. The van der Waals surface area contributed by atoms with Crippen LogP contribution in [0.25, 0.3) is 0 Å². The van der Waals surface area contributed by atoms with Gasteiger partial charge in [0.05, 0.1) is 28.3 Å². The maximum Gasteiger partial charge on any atom is 0.271 e. The molecule has 0 aromatic heterocycles. The molecule has 0 bridgehead atoms. The van der Waals surface area contributed by atoms with Crippen LogP contribution in [0.5, 0.6) is 5.75 Å². The lowest BCUT2D eigenvalue weighted by molar-refractivity contribution is -0.384. The number of amides is 2. The molecule has 0 saturated carbocycles. The van der Waals surface area contributed by atoms with Crippen molar-refractivity contribution < 1.29 is 27.7 Å². The van der Waals surface area contributed by atoms with E-state index in [4.69, 9.17) is 27.9 Å². The fraction of sp³-hybridized carbons (Fsp3) is 0.391. The highest BCUT2D eigenvalue weighted by atomic mass is 35.5. The summed E-state index contributed by atoms with van der Waals surface area (Å²) in [6, 6.07) is 7.21. The lowest BCUT2D eigenvalue weighted by Gasteiger charge is -2.33. The topological polar surface area (TPSA) is 139 Å². The molecule has 2 aromatic rings. The molecule has 2 aromatic carbocycles. The van der Waals surface area contributed by atoms with E-state index in [2.05, 4.69) is 5.32 Å². The highest BCUT2D eigenvalue weighted by Gasteiger charge is 2.33. The first kappa shape index (κ1) is 30.1. The van der Waals surface area contributed by atoms with Crippen molar-refractivity contribution >= 4 is 56.4 Å². The Morgan fingerprint density at radius 3 is 2.32 bits per heavy atom. The number of anilines is 1. The summed E-state index contributed by atoms with van der Waals surface area (Å²) in [4.78, 5) is 38.4. The van der Waals surface area contributed by atoms with Crippen molar-refractivity contribution in [3.05, 3.63) is 62.1 Å².